The maximum atomic E-state index is 3.93. The highest BCUT2D eigenvalue weighted by molar-refractivity contribution is 5.68. The van der Waals surface area contributed by atoms with E-state index in [1.807, 2.05) is 6.20 Å². The minimum absolute atomic E-state index is 1.01. The second-order valence-corrected chi connectivity index (χ2v) is 5.02. The van der Waals surface area contributed by atoms with Gasteiger partial charge in [-0.05, 0) is 60.5 Å². The molecule has 0 saturated carbocycles. The molecule has 1 heteroatoms. The molecule has 0 amide bonds. The van der Waals surface area contributed by atoms with Crippen molar-refractivity contribution >= 4 is 19.0 Å². The lowest BCUT2D eigenvalue weighted by Crippen LogP contribution is -2.23. The minimum Gasteiger partial charge on any atom is -0.272 e. The van der Waals surface area contributed by atoms with Gasteiger partial charge in [-0.3, -0.25) is 4.99 Å². The summed E-state index contributed by atoms with van der Waals surface area (Å²) in [6.07, 6.45) is 5.06. The van der Waals surface area contributed by atoms with Gasteiger partial charge in [0.2, 0.25) is 0 Å². The molecule has 0 unspecified atom stereocenters. The van der Waals surface area contributed by atoms with Crippen LogP contribution in [0.15, 0.2) is 41.4 Å². The van der Waals surface area contributed by atoms with Gasteiger partial charge < -0.3 is 0 Å². The van der Waals surface area contributed by atoms with E-state index in [1.54, 1.807) is 0 Å². The van der Waals surface area contributed by atoms with Gasteiger partial charge in [-0.25, -0.2) is 0 Å². The quantitative estimate of drug-likeness (QED) is 0.750. The molecule has 0 radical (unpaired) electrons. The van der Waals surface area contributed by atoms with Gasteiger partial charge in [0.05, 0.1) is 0 Å². The van der Waals surface area contributed by atoms with Crippen molar-refractivity contribution in [2.75, 3.05) is 0 Å². The number of hydrogen-bond acceptors (Lipinski definition) is 1. The first-order valence-electron chi connectivity index (χ1n) is 7.00. The highest BCUT2D eigenvalue weighted by Crippen LogP contribution is 2.23. The molecule has 0 aliphatic carbocycles. The second-order valence-electron chi connectivity index (χ2n) is 5.02. The number of rotatable bonds is 3. The highest BCUT2D eigenvalue weighted by Gasteiger charge is 2.03. The molecule has 0 bridgehead atoms. The van der Waals surface area contributed by atoms with Crippen LogP contribution in [0, 0.1) is 13.8 Å². The molecule has 0 saturated heterocycles. The maximum absolute atomic E-state index is 3.93. The Hall–Kier alpha value is -2.15. The number of nitrogens with zero attached hydrogens (tertiary/aromatic N) is 1. The van der Waals surface area contributed by atoms with Gasteiger partial charge in [-0.2, -0.15) is 0 Å². The fourth-order valence-electron chi connectivity index (χ4n) is 2.42. The first-order valence-corrected chi connectivity index (χ1v) is 7.00. The lowest BCUT2D eigenvalue weighted by Gasteiger charge is -2.09. The van der Waals surface area contributed by atoms with Gasteiger partial charge in [0.15, 0.2) is 0 Å². The number of aryl methyl sites for hydroxylation is 1. The standard InChI is InChI=1S/C19H21N/c1-5-7-16-10-11-17(12-18(16)13-20-4)19-9-6-8-14(2)15(19)3/h6-13H,4-5H2,1-3H3/b16-7-,18-13-. The number of hydrogen-bond donors (Lipinski definition) is 0. The zero-order chi connectivity index (χ0) is 14.5. The van der Waals surface area contributed by atoms with Gasteiger partial charge in [-0.1, -0.05) is 43.3 Å². The summed E-state index contributed by atoms with van der Waals surface area (Å²) in [5, 5.41) is 2.34. The summed E-state index contributed by atoms with van der Waals surface area (Å²) in [4.78, 5) is 3.93. The summed E-state index contributed by atoms with van der Waals surface area (Å²) < 4.78 is 0. The molecule has 0 heterocycles. The Balaban J connectivity index is 2.69. The summed E-state index contributed by atoms with van der Waals surface area (Å²) in [5.74, 6) is 0. The molecule has 0 atom stereocenters. The Kier molecular flexibility index (Phi) is 4.52. The van der Waals surface area contributed by atoms with Crippen LogP contribution in [-0.4, -0.2) is 6.72 Å². The lowest BCUT2D eigenvalue weighted by atomic mass is 9.96. The van der Waals surface area contributed by atoms with E-state index >= 15 is 0 Å². The molecule has 2 rings (SSSR count). The average Bonchev–Trinajstić information content (AvgIpc) is 2.44. The van der Waals surface area contributed by atoms with Gasteiger partial charge in [0.1, 0.15) is 0 Å². The van der Waals surface area contributed by atoms with Crippen molar-refractivity contribution in [3.63, 3.8) is 0 Å². The molecule has 0 fully saturated rings. The van der Waals surface area contributed by atoms with E-state index in [-0.39, 0.29) is 0 Å². The van der Waals surface area contributed by atoms with Gasteiger partial charge in [0.25, 0.3) is 0 Å². The number of aliphatic imine (C=N–C) groups is 1. The normalized spacial score (nSPS) is 12.8. The third-order valence-electron chi connectivity index (χ3n) is 3.66. The molecule has 0 aromatic heterocycles. The van der Waals surface area contributed by atoms with Crippen molar-refractivity contribution in [2.24, 2.45) is 4.99 Å². The van der Waals surface area contributed by atoms with Crippen molar-refractivity contribution < 1.29 is 0 Å². The van der Waals surface area contributed by atoms with E-state index in [0.717, 1.165) is 11.6 Å². The van der Waals surface area contributed by atoms with Crippen LogP contribution < -0.4 is 10.4 Å². The van der Waals surface area contributed by atoms with E-state index in [4.69, 9.17) is 0 Å². The van der Waals surface area contributed by atoms with E-state index in [1.165, 1.54) is 27.5 Å². The summed E-state index contributed by atoms with van der Waals surface area (Å²) in [6.45, 7) is 10.0. The molecule has 0 spiro atoms. The largest absolute Gasteiger partial charge is 0.272 e. The van der Waals surface area contributed by atoms with Crippen molar-refractivity contribution in [3.8, 4) is 11.1 Å². The fraction of sp³-hybridized carbons (Fsp3) is 0.211. The van der Waals surface area contributed by atoms with E-state index < -0.39 is 0 Å². The Morgan fingerprint density at radius 2 is 1.90 bits per heavy atom. The highest BCUT2D eigenvalue weighted by atomic mass is 14.6. The van der Waals surface area contributed by atoms with Crippen LogP contribution in [0.4, 0.5) is 0 Å². The molecule has 0 N–H and O–H groups in total. The van der Waals surface area contributed by atoms with Crippen LogP contribution in [0.5, 0.6) is 0 Å². The first kappa shape index (κ1) is 14.3. The Bertz CT molecular complexity index is 739. The molecule has 2 aromatic carbocycles. The predicted molar refractivity (Wildman–Crippen MR) is 89.4 cm³/mol. The molecule has 0 aliphatic rings. The Morgan fingerprint density at radius 1 is 1.10 bits per heavy atom. The summed E-state index contributed by atoms with van der Waals surface area (Å²) >= 11 is 0. The van der Waals surface area contributed by atoms with Crippen LogP contribution in [0.25, 0.3) is 23.4 Å². The molecular weight excluding hydrogens is 242 g/mol. The van der Waals surface area contributed by atoms with Crippen LogP contribution in [-0.2, 0) is 0 Å². The molecule has 20 heavy (non-hydrogen) atoms. The third-order valence-corrected chi connectivity index (χ3v) is 3.66. The molecule has 2 aromatic rings. The molecule has 1 nitrogen and oxygen atoms in total. The fourth-order valence-corrected chi connectivity index (χ4v) is 2.42. The smallest absolute Gasteiger partial charge is 0.0339 e. The zero-order valence-electron chi connectivity index (χ0n) is 12.5. The SMILES string of the molecule is C=N/C=c1/cc(-c2cccc(C)c2C)cc/c1=C/CC. The van der Waals surface area contributed by atoms with Crippen LogP contribution >= 0.6 is 0 Å². The van der Waals surface area contributed by atoms with E-state index in [9.17, 15) is 0 Å². The average molecular weight is 263 g/mol. The van der Waals surface area contributed by atoms with Crippen molar-refractivity contribution in [1.82, 2.24) is 0 Å². The van der Waals surface area contributed by atoms with Crippen molar-refractivity contribution in [3.05, 3.63) is 58.0 Å². The Morgan fingerprint density at radius 3 is 2.60 bits per heavy atom. The van der Waals surface area contributed by atoms with Gasteiger partial charge in [-0.15, -0.1) is 0 Å². The van der Waals surface area contributed by atoms with E-state index in [2.05, 4.69) is 75.0 Å². The molecule has 102 valence electrons. The Labute approximate surface area is 121 Å². The topological polar surface area (TPSA) is 12.4 Å². The van der Waals surface area contributed by atoms with Gasteiger partial charge in [0, 0.05) is 11.4 Å². The summed E-state index contributed by atoms with van der Waals surface area (Å²) in [6, 6.07) is 13.0. The molecule has 0 aliphatic heterocycles. The summed E-state index contributed by atoms with van der Waals surface area (Å²) in [5.41, 5.74) is 5.16. The second kappa shape index (κ2) is 6.33. The first-order chi connectivity index (χ1) is 9.67. The maximum Gasteiger partial charge on any atom is 0.0339 e. The molecular formula is C19H21N. The van der Waals surface area contributed by atoms with E-state index in [0.29, 0.717) is 0 Å². The van der Waals surface area contributed by atoms with Crippen LogP contribution in [0.3, 0.4) is 0 Å². The number of benzene rings is 2. The monoisotopic (exact) mass is 263 g/mol. The van der Waals surface area contributed by atoms with Gasteiger partial charge >= 0.3 is 0 Å². The van der Waals surface area contributed by atoms with Crippen LogP contribution in [0.2, 0.25) is 0 Å². The van der Waals surface area contributed by atoms with Crippen LogP contribution in [0.1, 0.15) is 24.5 Å². The lowest BCUT2D eigenvalue weighted by molar-refractivity contribution is 1.28. The predicted octanol–water partition coefficient (Wildman–Crippen LogP) is 3.60. The zero-order valence-corrected chi connectivity index (χ0v) is 12.5. The van der Waals surface area contributed by atoms with Crippen molar-refractivity contribution in [2.45, 2.75) is 27.2 Å². The third kappa shape index (κ3) is 2.88. The van der Waals surface area contributed by atoms with Crippen molar-refractivity contribution in [1.29, 1.82) is 0 Å². The minimum atomic E-state index is 1.01. The summed E-state index contributed by atoms with van der Waals surface area (Å²) in [7, 11) is 0.